The van der Waals surface area contributed by atoms with Gasteiger partial charge >= 0.3 is 0 Å². The lowest BCUT2D eigenvalue weighted by Gasteiger charge is -2.28. The van der Waals surface area contributed by atoms with Gasteiger partial charge in [-0.3, -0.25) is 0 Å². The third-order valence-electron chi connectivity index (χ3n) is 3.66. The Morgan fingerprint density at radius 1 is 0.875 bits per heavy atom. The third kappa shape index (κ3) is 7.27. The van der Waals surface area contributed by atoms with E-state index in [1.54, 1.807) is 0 Å². The first kappa shape index (κ1) is 16.0. The Labute approximate surface area is 104 Å². The van der Waals surface area contributed by atoms with Crippen LogP contribution >= 0.6 is 0 Å². The molecule has 0 spiro atoms. The van der Waals surface area contributed by atoms with E-state index in [1.807, 2.05) is 0 Å². The van der Waals surface area contributed by atoms with Crippen LogP contribution in [-0.4, -0.2) is 24.0 Å². The maximum absolute atomic E-state index is 2.66. The van der Waals surface area contributed by atoms with Crippen LogP contribution in [0.5, 0.6) is 0 Å². The smallest absolute Gasteiger partial charge is 0.00669 e. The van der Waals surface area contributed by atoms with E-state index in [0.717, 1.165) is 12.0 Å². The molecule has 0 aliphatic carbocycles. The average molecular weight is 227 g/mol. The van der Waals surface area contributed by atoms with Crippen molar-refractivity contribution in [3.05, 3.63) is 0 Å². The molecule has 0 radical (unpaired) electrons. The molecule has 0 rings (SSSR count). The maximum atomic E-state index is 2.66. The van der Waals surface area contributed by atoms with Crippen molar-refractivity contribution in [1.29, 1.82) is 0 Å². The van der Waals surface area contributed by atoms with Crippen LogP contribution in [0.3, 0.4) is 0 Å². The molecule has 2 atom stereocenters. The van der Waals surface area contributed by atoms with Gasteiger partial charge in [0.2, 0.25) is 0 Å². The molecule has 0 heterocycles. The van der Waals surface area contributed by atoms with Gasteiger partial charge in [-0.15, -0.1) is 0 Å². The van der Waals surface area contributed by atoms with Gasteiger partial charge in [-0.2, -0.15) is 0 Å². The zero-order valence-electron chi connectivity index (χ0n) is 12.3. The Bertz CT molecular complexity index is 138. The number of hydrogen-bond acceptors (Lipinski definition) is 1. The molecule has 0 saturated carbocycles. The van der Waals surface area contributed by atoms with Crippen molar-refractivity contribution < 1.29 is 0 Å². The van der Waals surface area contributed by atoms with Gasteiger partial charge in [0.1, 0.15) is 0 Å². The topological polar surface area (TPSA) is 3.24 Å². The molecule has 98 valence electrons. The van der Waals surface area contributed by atoms with Gasteiger partial charge in [-0.05, 0) is 45.2 Å². The Morgan fingerprint density at radius 2 is 1.44 bits per heavy atom. The van der Waals surface area contributed by atoms with E-state index >= 15 is 0 Å². The minimum atomic E-state index is 0.781. The van der Waals surface area contributed by atoms with Gasteiger partial charge in [0.25, 0.3) is 0 Å². The van der Waals surface area contributed by atoms with E-state index in [0.29, 0.717) is 0 Å². The van der Waals surface area contributed by atoms with Crippen LogP contribution in [0.25, 0.3) is 0 Å². The van der Waals surface area contributed by atoms with Crippen molar-refractivity contribution in [2.24, 2.45) is 5.92 Å². The van der Waals surface area contributed by atoms with Gasteiger partial charge in [-0.25, -0.2) is 0 Å². The largest absolute Gasteiger partial charge is 0.301 e. The predicted molar refractivity (Wildman–Crippen MR) is 74.9 cm³/mol. The van der Waals surface area contributed by atoms with E-state index in [2.05, 4.69) is 39.5 Å². The molecule has 0 fully saturated rings. The highest BCUT2D eigenvalue weighted by molar-refractivity contribution is 4.67. The molecule has 0 aromatic rings. The van der Waals surface area contributed by atoms with E-state index < -0.39 is 0 Å². The summed E-state index contributed by atoms with van der Waals surface area (Å²) in [6, 6.07) is 0.781. The molecule has 2 unspecified atom stereocenters. The van der Waals surface area contributed by atoms with Gasteiger partial charge in [-0.1, -0.05) is 47.0 Å². The SMILES string of the molecule is CCCN(CCC)C(C)CCCC(C)CC. The maximum Gasteiger partial charge on any atom is 0.00669 e. The van der Waals surface area contributed by atoms with Gasteiger partial charge in [0.15, 0.2) is 0 Å². The Hall–Kier alpha value is -0.0400. The van der Waals surface area contributed by atoms with Crippen molar-refractivity contribution in [1.82, 2.24) is 4.90 Å². The van der Waals surface area contributed by atoms with Crippen LogP contribution in [0.2, 0.25) is 0 Å². The second-order valence-corrected chi connectivity index (χ2v) is 5.33. The fraction of sp³-hybridized carbons (Fsp3) is 1.00. The van der Waals surface area contributed by atoms with E-state index in [-0.39, 0.29) is 0 Å². The summed E-state index contributed by atoms with van der Waals surface area (Å²) in [5, 5.41) is 0. The zero-order chi connectivity index (χ0) is 12.4. The average Bonchev–Trinajstić information content (AvgIpc) is 2.28. The van der Waals surface area contributed by atoms with E-state index in [4.69, 9.17) is 0 Å². The third-order valence-corrected chi connectivity index (χ3v) is 3.66. The molecule has 0 aromatic carbocycles. The number of nitrogens with zero attached hydrogens (tertiary/aromatic N) is 1. The van der Waals surface area contributed by atoms with Crippen molar-refractivity contribution in [3.63, 3.8) is 0 Å². The lowest BCUT2D eigenvalue weighted by Crippen LogP contribution is -2.34. The van der Waals surface area contributed by atoms with Crippen LogP contribution in [0.4, 0.5) is 0 Å². The van der Waals surface area contributed by atoms with Gasteiger partial charge in [0, 0.05) is 6.04 Å². The van der Waals surface area contributed by atoms with Crippen molar-refractivity contribution in [2.45, 2.75) is 79.2 Å². The fourth-order valence-electron chi connectivity index (χ4n) is 2.28. The van der Waals surface area contributed by atoms with Crippen LogP contribution in [0.15, 0.2) is 0 Å². The van der Waals surface area contributed by atoms with Crippen LogP contribution in [0.1, 0.15) is 73.1 Å². The molecule has 1 heteroatoms. The molecular weight excluding hydrogens is 194 g/mol. The molecule has 0 aromatic heterocycles. The molecule has 0 N–H and O–H groups in total. The molecular formula is C15H33N. The lowest BCUT2D eigenvalue weighted by atomic mass is 9.99. The quantitative estimate of drug-likeness (QED) is 0.522. The molecule has 0 aliphatic rings. The van der Waals surface area contributed by atoms with Crippen LogP contribution < -0.4 is 0 Å². The Balaban J connectivity index is 3.76. The van der Waals surface area contributed by atoms with Crippen LogP contribution in [-0.2, 0) is 0 Å². The second kappa shape index (κ2) is 10.1. The highest BCUT2D eigenvalue weighted by Crippen LogP contribution is 2.15. The normalized spacial score (nSPS) is 15.4. The summed E-state index contributed by atoms with van der Waals surface area (Å²) in [7, 11) is 0. The first-order chi connectivity index (χ1) is 7.65. The summed E-state index contributed by atoms with van der Waals surface area (Å²) in [6.45, 7) is 14.2. The summed E-state index contributed by atoms with van der Waals surface area (Å²) in [5.74, 6) is 0.915. The number of hydrogen-bond donors (Lipinski definition) is 0. The van der Waals surface area contributed by atoms with Crippen LogP contribution in [0, 0.1) is 5.92 Å². The monoisotopic (exact) mass is 227 g/mol. The minimum absolute atomic E-state index is 0.781. The zero-order valence-corrected chi connectivity index (χ0v) is 12.3. The van der Waals surface area contributed by atoms with Gasteiger partial charge in [0.05, 0.1) is 0 Å². The summed E-state index contributed by atoms with van der Waals surface area (Å²) in [6.07, 6.45) is 8.10. The van der Waals surface area contributed by atoms with E-state index in [1.165, 1.54) is 51.6 Å². The highest BCUT2D eigenvalue weighted by atomic mass is 15.1. The Morgan fingerprint density at radius 3 is 1.88 bits per heavy atom. The Kier molecular flexibility index (Phi) is 10.1. The molecule has 0 aliphatic heterocycles. The van der Waals surface area contributed by atoms with Crippen molar-refractivity contribution in [2.75, 3.05) is 13.1 Å². The van der Waals surface area contributed by atoms with Gasteiger partial charge < -0.3 is 4.90 Å². The van der Waals surface area contributed by atoms with Crippen molar-refractivity contribution in [3.8, 4) is 0 Å². The fourth-order valence-corrected chi connectivity index (χ4v) is 2.28. The summed E-state index contributed by atoms with van der Waals surface area (Å²) in [5.41, 5.74) is 0. The van der Waals surface area contributed by atoms with E-state index in [9.17, 15) is 0 Å². The highest BCUT2D eigenvalue weighted by Gasteiger charge is 2.11. The molecule has 16 heavy (non-hydrogen) atoms. The first-order valence-electron chi connectivity index (χ1n) is 7.39. The first-order valence-corrected chi connectivity index (χ1v) is 7.39. The predicted octanol–water partition coefficient (Wildman–Crippen LogP) is 4.71. The summed E-state index contributed by atoms with van der Waals surface area (Å²) in [4.78, 5) is 2.66. The molecule has 0 amide bonds. The molecule has 1 nitrogen and oxygen atoms in total. The van der Waals surface area contributed by atoms with Crippen molar-refractivity contribution >= 4 is 0 Å². The molecule has 0 bridgehead atoms. The second-order valence-electron chi connectivity index (χ2n) is 5.33. The minimum Gasteiger partial charge on any atom is -0.301 e. The summed E-state index contributed by atoms with van der Waals surface area (Å²) >= 11 is 0. The lowest BCUT2D eigenvalue weighted by molar-refractivity contribution is 0.195. The standard InChI is InChI=1S/C15H33N/c1-6-12-16(13-7-2)15(5)11-9-10-14(4)8-3/h14-15H,6-13H2,1-5H3. The summed E-state index contributed by atoms with van der Waals surface area (Å²) < 4.78 is 0. The molecule has 0 saturated heterocycles. The number of rotatable bonds is 10.